The van der Waals surface area contributed by atoms with E-state index in [9.17, 15) is 10.1 Å². The van der Waals surface area contributed by atoms with Gasteiger partial charge in [-0.3, -0.25) is 0 Å². The fraction of sp³-hybridized carbons (Fsp3) is 0.579. The van der Waals surface area contributed by atoms with Crippen LogP contribution in [0.15, 0.2) is 12.1 Å². The molecule has 2 saturated heterocycles. The van der Waals surface area contributed by atoms with E-state index in [0.29, 0.717) is 35.3 Å². The fourth-order valence-electron chi connectivity index (χ4n) is 3.85. The molecule has 1 aromatic rings. The molecular formula is C19H25ClN4O2. The van der Waals surface area contributed by atoms with Crippen molar-refractivity contribution >= 4 is 29.1 Å². The second kappa shape index (κ2) is 6.88. The molecule has 1 amide bonds. The van der Waals surface area contributed by atoms with Crippen molar-refractivity contribution in [1.82, 2.24) is 4.90 Å². The van der Waals surface area contributed by atoms with Crippen molar-refractivity contribution < 1.29 is 9.53 Å². The lowest BCUT2D eigenvalue weighted by Crippen LogP contribution is -2.50. The summed E-state index contributed by atoms with van der Waals surface area (Å²) < 4.78 is 5.59. The van der Waals surface area contributed by atoms with Gasteiger partial charge >= 0.3 is 6.09 Å². The van der Waals surface area contributed by atoms with E-state index < -0.39 is 5.60 Å². The van der Waals surface area contributed by atoms with Gasteiger partial charge in [0.25, 0.3) is 0 Å². The Labute approximate surface area is 159 Å². The van der Waals surface area contributed by atoms with Crippen molar-refractivity contribution in [3.63, 3.8) is 0 Å². The van der Waals surface area contributed by atoms with Gasteiger partial charge in [-0.1, -0.05) is 11.6 Å². The number of likely N-dealkylation sites (tertiary alicyclic amines) is 1. The van der Waals surface area contributed by atoms with Crippen LogP contribution in [-0.4, -0.2) is 42.3 Å². The second-order valence-electron chi connectivity index (χ2n) is 8.06. The van der Waals surface area contributed by atoms with Crippen molar-refractivity contribution in [2.75, 3.05) is 30.3 Å². The number of piperidine rings is 1. The molecule has 26 heavy (non-hydrogen) atoms. The lowest BCUT2D eigenvalue weighted by Gasteiger charge is -2.37. The van der Waals surface area contributed by atoms with E-state index in [-0.39, 0.29) is 12.1 Å². The first-order chi connectivity index (χ1) is 12.2. The topological polar surface area (TPSA) is 82.6 Å². The predicted molar refractivity (Wildman–Crippen MR) is 102 cm³/mol. The van der Waals surface area contributed by atoms with Crippen LogP contribution in [-0.2, 0) is 4.74 Å². The Bertz CT molecular complexity index is 753. The van der Waals surface area contributed by atoms with E-state index in [1.807, 2.05) is 25.7 Å². The van der Waals surface area contributed by atoms with E-state index in [4.69, 9.17) is 22.1 Å². The first-order valence-electron chi connectivity index (χ1n) is 8.93. The molecule has 2 aliphatic heterocycles. The quantitative estimate of drug-likeness (QED) is 0.757. The molecule has 0 unspecified atom stereocenters. The zero-order valence-electron chi connectivity index (χ0n) is 15.5. The van der Waals surface area contributed by atoms with Gasteiger partial charge in [0.05, 0.1) is 34.1 Å². The Kier molecular flexibility index (Phi) is 4.94. The summed E-state index contributed by atoms with van der Waals surface area (Å²) in [4.78, 5) is 16.6. The van der Waals surface area contributed by atoms with E-state index in [1.165, 1.54) is 0 Å². The molecule has 140 valence electrons. The van der Waals surface area contributed by atoms with Gasteiger partial charge in [-0.15, -0.1) is 0 Å². The monoisotopic (exact) mass is 376 g/mol. The molecule has 2 fully saturated rings. The third kappa shape index (κ3) is 3.68. The van der Waals surface area contributed by atoms with Crippen LogP contribution in [0, 0.1) is 17.2 Å². The highest BCUT2D eigenvalue weighted by Crippen LogP contribution is 2.39. The Morgan fingerprint density at radius 1 is 1.38 bits per heavy atom. The van der Waals surface area contributed by atoms with Crippen LogP contribution < -0.4 is 10.6 Å². The number of carbonyl (C=O) groups excluding carboxylic acids is 1. The summed E-state index contributed by atoms with van der Waals surface area (Å²) in [7, 11) is 0. The number of hydrogen-bond acceptors (Lipinski definition) is 5. The molecular weight excluding hydrogens is 352 g/mol. The lowest BCUT2D eigenvalue weighted by molar-refractivity contribution is 0.00670. The van der Waals surface area contributed by atoms with Crippen LogP contribution in [0.3, 0.4) is 0 Å². The number of benzene rings is 1. The predicted octanol–water partition coefficient (Wildman–Crippen LogP) is 3.63. The maximum absolute atomic E-state index is 12.6. The molecule has 2 heterocycles. The summed E-state index contributed by atoms with van der Waals surface area (Å²) in [6.45, 7) is 7.80. The highest BCUT2D eigenvalue weighted by Gasteiger charge is 2.42. The molecule has 3 rings (SSSR count). The number of nitrogens with two attached hydrogens (primary N) is 1. The zero-order valence-corrected chi connectivity index (χ0v) is 16.2. The van der Waals surface area contributed by atoms with Crippen molar-refractivity contribution in [2.24, 2.45) is 5.92 Å². The number of amides is 1. The molecule has 0 bridgehead atoms. The molecule has 0 saturated carbocycles. The lowest BCUT2D eigenvalue weighted by atomic mass is 9.92. The van der Waals surface area contributed by atoms with Gasteiger partial charge < -0.3 is 20.3 Å². The number of anilines is 2. The van der Waals surface area contributed by atoms with Gasteiger partial charge in [0.15, 0.2) is 0 Å². The van der Waals surface area contributed by atoms with Crippen LogP contribution in [0.1, 0.15) is 39.2 Å². The summed E-state index contributed by atoms with van der Waals surface area (Å²) in [5.74, 6) is 0.360. The molecule has 2 N–H and O–H groups in total. The Morgan fingerprint density at radius 3 is 2.77 bits per heavy atom. The fourth-order valence-corrected chi connectivity index (χ4v) is 4.08. The average Bonchev–Trinajstić information content (AvgIpc) is 2.99. The molecule has 0 aromatic heterocycles. The van der Waals surface area contributed by atoms with Crippen LogP contribution in [0.4, 0.5) is 16.2 Å². The number of nitrogen functional groups attached to an aromatic ring is 1. The van der Waals surface area contributed by atoms with Gasteiger partial charge in [-0.2, -0.15) is 5.26 Å². The van der Waals surface area contributed by atoms with E-state index in [0.717, 1.165) is 25.1 Å². The number of nitriles is 1. The Hall–Kier alpha value is -2.13. The van der Waals surface area contributed by atoms with Crippen LogP contribution >= 0.6 is 11.6 Å². The summed E-state index contributed by atoms with van der Waals surface area (Å²) in [6.07, 6.45) is 1.76. The molecule has 6 nitrogen and oxygen atoms in total. The summed E-state index contributed by atoms with van der Waals surface area (Å²) in [6, 6.07) is 5.57. The smallest absolute Gasteiger partial charge is 0.410 e. The first kappa shape index (κ1) is 18.7. The van der Waals surface area contributed by atoms with Gasteiger partial charge in [0, 0.05) is 19.6 Å². The highest BCUT2D eigenvalue weighted by molar-refractivity contribution is 6.35. The zero-order chi connectivity index (χ0) is 19.1. The van der Waals surface area contributed by atoms with Crippen LogP contribution in [0.5, 0.6) is 0 Å². The van der Waals surface area contributed by atoms with Gasteiger partial charge in [0.1, 0.15) is 5.60 Å². The summed E-state index contributed by atoms with van der Waals surface area (Å²) >= 11 is 6.40. The number of ether oxygens (including phenoxy) is 1. The summed E-state index contributed by atoms with van der Waals surface area (Å²) in [5.41, 5.74) is 7.10. The molecule has 7 heteroatoms. The van der Waals surface area contributed by atoms with E-state index in [1.54, 1.807) is 12.1 Å². The summed E-state index contributed by atoms with van der Waals surface area (Å²) in [5, 5.41) is 9.68. The first-order valence-corrected chi connectivity index (χ1v) is 9.31. The Balaban J connectivity index is 1.83. The number of carbonyl (C=O) groups is 1. The third-order valence-corrected chi connectivity index (χ3v) is 5.37. The van der Waals surface area contributed by atoms with Gasteiger partial charge in [-0.05, 0) is 51.7 Å². The van der Waals surface area contributed by atoms with E-state index in [2.05, 4.69) is 11.0 Å². The average molecular weight is 377 g/mol. The maximum Gasteiger partial charge on any atom is 0.410 e. The molecule has 0 spiro atoms. The largest absolute Gasteiger partial charge is 0.444 e. The van der Waals surface area contributed by atoms with Gasteiger partial charge in [0.2, 0.25) is 0 Å². The standard InChI is InChI=1S/C19H25ClN4O2/c1-19(2,3)26-18(25)24-6-4-5-13-10-23(11-16(13)24)15-8-12(9-21)7-14(22)17(15)20/h7-8,13,16H,4-6,10-11,22H2,1-3H3/t13-,16+/m0/s1. The number of nitrogens with zero attached hydrogens (tertiary/aromatic N) is 3. The SMILES string of the molecule is CC(C)(C)OC(=O)N1CCC[C@H]2CN(c3cc(C#N)cc(N)c3Cl)C[C@H]21. The van der Waals surface area contributed by atoms with Crippen molar-refractivity contribution in [3.8, 4) is 6.07 Å². The van der Waals surface area contributed by atoms with Gasteiger partial charge in [-0.25, -0.2) is 4.79 Å². The molecule has 0 radical (unpaired) electrons. The third-order valence-electron chi connectivity index (χ3n) is 4.96. The molecule has 2 atom stereocenters. The van der Waals surface area contributed by atoms with Crippen molar-refractivity contribution in [2.45, 2.75) is 45.3 Å². The minimum Gasteiger partial charge on any atom is -0.444 e. The molecule has 1 aromatic carbocycles. The van der Waals surface area contributed by atoms with Crippen LogP contribution in [0.25, 0.3) is 0 Å². The van der Waals surface area contributed by atoms with E-state index >= 15 is 0 Å². The minimum absolute atomic E-state index is 0.0848. The van der Waals surface area contributed by atoms with Crippen molar-refractivity contribution in [1.29, 1.82) is 5.26 Å². The van der Waals surface area contributed by atoms with Crippen molar-refractivity contribution in [3.05, 3.63) is 22.7 Å². The number of hydrogen-bond donors (Lipinski definition) is 1. The second-order valence-corrected chi connectivity index (χ2v) is 8.44. The number of fused-ring (bicyclic) bond motifs is 1. The maximum atomic E-state index is 12.6. The number of rotatable bonds is 1. The number of halogens is 1. The normalized spacial score (nSPS) is 22.7. The Morgan fingerprint density at radius 2 is 2.12 bits per heavy atom. The molecule has 0 aliphatic carbocycles. The minimum atomic E-state index is -0.513. The van der Waals surface area contributed by atoms with Crippen LogP contribution in [0.2, 0.25) is 5.02 Å². The molecule has 2 aliphatic rings. The highest BCUT2D eigenvalue weighted by atomic mass is 35.5.